The molecule has 0 radical (unpaired) electrons. The third kappa shape index (κ3) is 1.75. The second kappa shape index (κ2) is 3.85. The lowest BCUT2D eigenvalue weighted by atomic mass is 9.90. The lowest BCUT2D eigenvalue weighted by Gasteiger charge is -2.32. The number of rotatable bonds is 2. The first-order chi connectivity index (χ1) is 6.68. The van der Waals surface area contributed by atoms with Gasteiger partial charge in [0.05, 0.1) is 16.2 Å². The second-order valence-electron chi connectivity index (χ2n) is 3.45. The maximum atomic E-state index is 13.4. The van der Waals surface area contributed by atoms with Crippen LogP contribution in [0.5, 0.6) is 0 Å². The standard InChI is InChI=1S/C10H10BrF2N/c11-6-2-1-3-9(10(6)13)14-8-5-4-7(8)12/h1-3,7-8,14H,4-5H2. The minimum atomic E-state index is -0.839. The predicted octanol–water partition coefficient (Wildman–Crippen LogP) is 3.50. The largest absolute Gasteiger partial charge is 0.377 e. The van der Waals surface area contributed by atoms with Crippen molar-refractivity contribution in [3.8, 4) is 0 Å². The number of anilines is 1. The van der Waals surface area contributed by atoms with Gasteiger partial charge in [-0.15, -0.1) is 0 Å². The van der Waals surface area contributed by atoms with Crippen LogP contribution < -0.4 is 5.32 Å². The molecule has 1 aromatic rings. The van der Waals surface area contributed by atoms with Crippen LogP contribution in [0.3, 0.4) is 0 Å². The fourth-order valence-electron chi connectivity index (χ4n) is 1.44. The first-order valence-corrected chi connectivity index (χ1v) is 5.32. The van der Waals surface area contributed by atoms with Gasteiger partial charge in [-0.1, -0.05) is 6.07 Å². The lowest BCUT2D eigenvalue weighted by molar-refractivity contribution is 0.186. The van der Waals surface area contributed by atoms with Gasteiger partial charge in [0.2, 0.25) is 0 Å². The van der Waals surface area contributed by atoms with E-state index in [9.17, 15) is 8.78 Å². The maximum absolute atomic E-state index is 13.4. The van der Waals surface area contributed by atoms with Crippen molar-refractivity contribution < 1.29 is 8.78 Å². The van der Waals surface area contributed by atoms with Gasteiger partial charge in [0.15, 0.2) is 5.82 Å². The molecule has 2 unspecified atom stereocenters. The second-order valence-corrected chi connectivity index (χ2v) is 4.30. The van der Waals surface area contributed by atoms with E-state index in [-0.39, 0.29) is 11.9 Å². The van der Waals surface area contributed by atoms with E-state index in [1.54, 1.807) is 18.2 Å². The van der Waals surface area contributed by atoms with E-state index in [0.717, 1.165) is 6.42 Å². The number of benzene rings is 1. The molecule has 0 spiro atoms. The SMILES string of the molecule is Fc1c(Br)cccc1NC1CCC1F. The molecule has 0 aliphatic heterocycles. The van der Waals surface area contributed by atoms with Crippen LogP contribution in [0.2, 0.25) is 0 Å². The quantitative estimate of drug-likeness (QED) is 0.860. The molecule has 1 saturated carbocycles. The molecule has 1 aliphatic rings. The Morgan fingerprint density at radius 3 is 2.71 bits per heavy atom. The highest BCUT2D eigenvalue weighted by Gasteiger charge is 2.31. The van der Waals surface area contributed by atoms with Gasteiger partial charge in [0.1, 0.15) is 6.17 Å². The number of halogens is 3. The van der Waals surface area contributed by atoms with Crippen molar-refractivity contribution in [1.82, 2.24) is 0 Å². The fourth-order valence-corrected chi connectivity index (χ4v) is 1.80. The minimum absolute atomic E-state index is 0.223. The van der Waals surface area contributed by atoms with Crippen LogP contribution >= 0.6 is 15.9 Å². The van der Waals surface area contributed by atoms with Gasteiger partial charge in [-0.3, -0.25) is 0 Å². The van der Waals surface area contributed by atoms with Gasteiger partial charge < -0.3 is 5.32 Å². The number of alkyl halides is 1. The third-order valence-corrected chi connectivity index (χ3v) is 3.09. The molecule has 2 rings (SSSR count). The summed E-state index contributed by atoms with van der Waals surface area (Å²) in [5.74, 6) is -0.355. The van der Waals surface area contributed by atoms with Gasteiger partial charge in [0, 0.05) is 0 Å². The van der Waals surface area contributed by atoms with Gasteiger partial charge in [-0.2, -0.15) is 0 Å². The molecule has 0 saturated heterocycles. The van der Waals surface area contributed by atoms with E-state index >= 15 is 0 Å². The van der Waals surface area contributed by atoms with Crippen LogP contribution in [-0.4, -0.2) is 12.2 Å². The highest BCUT2D eigenvalue weighted by atomic mass is 79.9. The summed E-state index contributed by atoms with van der Waals surface area (Å²) in [5.41, 5.74) is 0.367. The Kier molecular flexibility index (Phi) is 2.72. The van der Waals surface area contributed by atoms with Crippen LogP contribution in [0, 0.1) is 5.82 Å². The zero-order valence-corrected chi connectivity index (χ0v) is 9.02. The number of nitrogens with one attached hydrogen (secondary N) is 1. The summed E-state index contributed by atoms with van der Waals surface area (Å²) < 4.78 is 26.7. The fraction of sp³-hybridized carbons (Fsp3) is 0.400. The molecule has 0 heterocycles. The van der Waals surface area contributed by atoms with Gasteiger partial charge in [0.25, 0.3) is 0 Å². The maximum Gasteiger partial charge on any atom is 0.160 e. The van der Waals surface area contributed by atoms with Crippen molar-refractivity contribution in [2.75, 3.05) is 5.32 Å². The van der Waals surface area contributed by atoms with Crippen LogP contribution in [-0.2, 0) is 0 Å². The monoisotopic (exact) mass is 261 g/mol. The molecule has 2 atom stereocenters. The molecule has 14 heavy (non-hydrogen) atoms. The topological polar surface area (TPSA) is 12.0 Å². The van der Waals surface area contributed by atoms with Crippen molar-refractivity contribution in [3.63, 3.8) is 0 Å². The zero-order chi connectivity index (χ0) is 10.1. The Balaban J connectivity index is 2.12. The Bertz CT molecular complexity index is 343. The molecular weight excluding hydrogens is 252 g/mol. The zero-order valence-electron chi connectivity index (χ0n) is 7.43. The molecule has 1 aliphatic carbocycles. The van der Waals surface area contributed by atoms with Crippen molar-refractivity contribution in [3.05, 3.63) is 28.5 Å². The first-order valence-electron chi connectivity index (χ1n) is 4.53. The molecule has 1 fully saturated rings. The summed E-state index contributed by atoms with van der Waals surface area (Å²) >= 11 is 3.08. The van der Waals surface area contributed by atoms with Crippen LogP contribution in [0.15, 0.2) is 22.7 Å². The molecule has 76 valence electrons. The molecule has 1 aromatic carbocycles. The summed E-state index contributed by atoms with van der Waals surface area (Å²) in [7, 11) is 0. The van der Waals surface area contributed by atoms with E-state index in [2.05, 4.69) is 21.2 Å². The lowest BCUT2D eigenvalue weighted by Crippen LogP contribution is -2.40. The van der Waals surface area contributed by atoms with Crippen LogP contribution in [0.4, 0.5) is 14.5 Å². The molecule has 0 bridgehead atoms. The first kappa shape index (κ1) is 9.90. The van der Waals surface area contributed by atoms with E-state index in [0.29, 0.717) is 16.6 Å². The Labute approximate surface area is 89.6 Å². The number of hydrogen-bond donors (Lipinski definition) is 1. The third-order valence-electron chi connectivity index (χ3n) is 2.48. The molecule has 4 heteroatoms. The molecule has 1 nitrogen and oxygen atoms in total. The van der Waals surface area contributed by atoms with Gasteiger partial charge >= 0.3 is 0 Å². The van der Waals surface area contributed by atoms with Crippen molar-refractivity contribution in [2.45, 2.75) is 25.1 Å². The van der Waals surface area contributed by atoms with E-state index in [1.165, 1.54) is 0 Å². The summed E-state index contributed by atoms with van der Waals surface area (Å²) in [6.07, 6.45) is 0.508. The minimum Gasteiger partial charge on any atom is -0.377 e. The molecule has 0 aromatic heterocycles. The Morgan fingerprint density at radius 2 is 2.14 bits per heavy atom. The smallest absolute Gasteiger partial charge is 0.160 e. The van der Waals surface area contributed by atoms with E-state index in [1.807, 2.05) is 0 Å². The predicted molar refractivity (Wildman–Crippen MR) is 55.6 cm³/mol. The highest BCUT2D eigenvalue weighted by molar-refractivity contribution is 9.10. The summed E-state index contributed by atoms with van der Waals surface area (Å²) in [6, 6.07) is 4.74. The van der Waals surface area contributed by atoms with Gasteiger partial charge in [-0.05, 0) is 40.9 Å². The summed E-state index contributed by atoms with van der Waals surface area (Å²) in [6.45, 7) is 0. The Hall–Kier alpha value is -0.640. The average Bonchev–Trinajstić information content (AvgIpc) is 2.18. The summed E-state index contributed by atoms with van der Waals surface area (Å²) in [5, 5.41) is 2.86. The van der Waals surface area contributed by atoms with E-state index in [4.69, 9.17) is 0 Å². The normalized spacial score (nSPS) is 25.6. The number of hydrogen-bond acceptors (Lipinski definition) is 1. The van der Waals surface area contributed by atoms with E-state index < -0.39 is 6.17 Å². The van der Waals surface area contributed by atoms with Crippen LogP contribution in [0.25, 0.3) is 0 Å². The summed E-state index contributed by atoms with van der Waals surface area (Å²) in [4.78, 5) is 0. The van der Waals surface area contributed by atoms with Crippen molar-refractivity contribution in [2.24, 2.45) is 0 Å². The van der Waals surface area contributed by atoms with Crippen LogP contribution in [0.1, 0.15) is 12.8 Å². The molecular formula is C10H10BrF2N. The molecule has 0 amide bonds. The van der Waals surface area contributed by atoms with Gasteiger partial charge in [-0.25, -0.2) is 8.78 Å². The van der Waals surface area contributed by atoms with Crippen molar-refractivity contribution >= 4 is 21.6 Å². The van der Waals surface area contributed by atoms with Crippen molar-refractivity contribution in [1.29, 1.82) is 0 Å². The average molecular weight is 262 g/mol. The molecule has 1 N–H and O–H groups in total. The highest BCUT2D eigenvalue weighted by Crippen LogP contribution is 2.29. The Morgan fingerprint density at radius 1 is 1.36 bits per heavy atom.